The van der Waals surface area contributed by atoms with E-state index in [1.807, 2.05) is 49.0 Å². The van der Waals surface area contributed by atoms with Crippen molar-refractivity contribution >= 4 is 15.1 Å². The van der Waals surface area contributed by atoms with Gasteiger partial charge in [0.2, 0.25) is 12.7 Å². The highest BCUT2D eigenvalue weighted by atomic mass is 31.2. The van der Waals surface area contributed by atoms with Crippen LogP contribution >= 0.6 is 7.82 Å². The van der Waals surface area contributed by atoms with Gasteiger partial charge in [-0.3, -0.25) is 4.57 Å². The molecule has 1 atom stereocenters. The molecule has 14 heteroatoms. The molecular weight excluding hydrogens is 406 g/mol. The van der Waals surface area contributed by atoms with Crippen LogP contribution in [0, 0.1) is 0 Å². The van der Waals surface area contributed by atoms with E-state index >= 15 is 0 Å². The van der Waals surface area contributed by atoms with Gasteiger partial charge in [0, 0.05) is 7.11 Å². The van der Waals surface area contributed by atoms with Gasteiger partial charge in [0.05, 0.1) is 27.7 Å². The Kier molecular flexibility index (Phi) is 14.6. The van der Waals surface area contributed by atoms with E-state index < -0.39 is 15.1 Å². The molecule has 0 aliphatic rings. The maximum Gasteiger partial charge on any atom is 0.673 e. The molecule has 0 bridgehead atoms. The lowest BCUT2D eigenvalue weighted by atomic mass is 10.3. The summed E-state index contributed by atoms with van der Waals surface area (Å²) in [6.45, 7) is 3.36. The number of hydrogen-bond donors (Lipinski definition) is 1. The van der Waals surface area contributed by atoms with Crippen molar-refractivity contribution in [1.29, 1.82) is 0 Å². The minimum Gasteiger partial charge on any atom is -0.756 e. The third kappa shape index (κ3) is 24.3. The molecule has 1 unspecified atom stereocenters. The molecule has 0 fully saturated rings. The largest absolute Gasteiger partial charge is 0.756 e. The van der Waals surface area contributed by atoms with Crippen molar-refractivity contribution in [2.75, 3.05) is 7.11 Å². The summed E-state index contributed by atoms with van der Waals surface area (Å²) in [5, 5.41) is 0. The zero-order chi connectivity index (χ0) is 22.4. The van der Waals surface area contributed by atoms with Gasteiger partial charge in [0.25, 0.3) is 7.82 Å². The van der Waals surface area contributed by atoms with Crippen LogP contribution in [0.15, 0.2) is 37.4 Å². The predicted molar refractivity (Wildman–Crippen MR) is 94.1 cm³/mol. The Hall–Kier alpha value is -1.69. The zero-order valence-electron chi connectivity index (χ0n) is 16.6. The molecule has 0 saturated carbocycles. The SMILES string of the molecule is CCCCn1cc[n+](C)c1.COP(=O)([O-])O.Cn1cc[n+](C)c1.F[B-](F)(F)F. The molecule has 2 heterocycles. The van der Waals surface area contributed by atoms with Crippen LogP contribution in [0.5, 0.6) is 0 Å². The molecule has 28 heavy (non-hydrogen) atoms. The second-order valence-corrected chi connectivity index (χ2v) is 6.86. The molecule has 0 aromatic carbocycles. The average Bonchev–Trinajstić information content (AvgIpc) is 3.12. The van der Waals surface area contributed by atoms with Crippen molar-refractivity contribution in [3.8, 4) is 0 Å². The smallest absolute Gasteiger partial charge is 0.673 e. The van der Waals surface area contributed by atoms with Crippen molar-refractivity contribution in [3.63, 3.8) is 0 Å². The van der Waals surface area contributed by atoms with E-state index in [0.29, 0.717) is 0 Å². The first-order chi connectivity index (χ1) is 12.7. The quantitative estimate of drug-likeness (QED) is 0.341. The van der Waals surface area contributed by atoms with E-state index in [9.17, 15) is 26.7 Å². The summed E-state index contributed by atoms with van der Waals surface area (Å²) < 4.78 is 60.1. The van der Waals surface area contributed by atoms with Gasteiger partial charge < -0.3 is 31.6 Å². The minimum absolute atomic E-state index is 0.883. The number of aryl methyl sites for hydroxylation is 4. The summed E-state index contributed by atoms with van der Waals surface area (Å²) in [5.41, 5.74) is 0. The lowest BCUT2D eigenvalue weighted by Crippen LogP contribution is -2.23. The number of aromatic nitrogens is 4. The van der Waals surface area contributed by atoms with Gasteiger partial charge in [0.1, 0.15) is 24.8 Å². The van der Waals surface area contributed by atoms with E-state index in [-0.39, 0.29) is 0 Å². The monoisotopic (exact) mass is 434 g/mol. The summed E-state index contributed by atoms with van der Waals surface area (Å²) in [6.07, 6.45) is 14.8. The molecule has 0 saturated heterocycles. The first-order valence-corrected chi connectivity index (χ1v) is 9.62. The first-order valence-electron chi connectivity index (χ1n) is 8.13. The molecule has 0 radical (unpaired) electrons. The minimum atomic E-state index is -6.00. The molecule has 2 rings (SSSR count). The summed E-state index contributed by atoms with van der Waals surface area (Å²) in [7, 11) is -3.47. The molecule has 0 aliphatic carbocycles. The highest BCUT2D eigenvalue weighted by molar-refractivity contribution is 7.44. The Morgan fingerprint density at radius 1 is 1.14 bits per heavy atom. The van der Waals surface area contributed by atoms with Gasteiger partial charge in [0.15, 0.2) is 0 Å². The van der Waals surface area contributed by atoms with Crippen LogP contribution in [0.4, 0.5) is 17.3 Å². The fourth-order valence-electron chi connectivity index (χ4n) is 1.55. The third-order valence-electron chi connectivity index (χ3n) is 2.73. The maximum atomic E-state index is 9.75. The van der Waals surface area contributed by atoms with E-state index in [0.717, 1.165) is 13.7 Å². The van der Waals surface area contributed by atoms with Crippen molar-refractivity contribution in [3.05, 3.63) is 37.4 Å². The number of phosphoric ester groups is 1. The molecule has 2 aromatic heterocycles. The second kappa shape index (κ2) is 14.3. The highest BCUT2D eigenvalue weighted by Gasteiger charge is 2.20. The molecule has 164 valence electrons. The Bertz CT molecular complexity index is 668. The lowest BCUT2D eigenvalue weighted by Gasteiger charge is -2.09. The van der Waals surface area contributed by atoms with Crippen molar-refractivity contribution < 1.29 is 45.3 Å². The van der Waals surface area contributed by atoms with Crippen LogP contribution in [0.3, 0.4) is 0 Å². The molecule has 0 aliphatic heterocycles. The highest BCUT2D eigenvalue weighted by Crippen LogP contribution is 2.27. The van der Waals surface area contributed by atoms with Crippen LogP contribution in [-0.2, 0) is 36.8 Å². The Labute approximate surface area is 162 Å². The Morgan fingerprint density at radius 2 is 1.57 bits per heavy atom. The normalized spacial score (nSPS) is 12.4. The van der Waals surface area contributed by atoms with Crippen LogP contribution in [0.1, 0.15) is 19.8 Å². The fourth-order valence-corrected chi connectivity index (χ4v) is 1.55. The first kappa shape index (κ1) is 28.5. The molecule has 0 spiro atoms. The van der Waals surface area contributed by atoms with E-state index in [1.54, 1.807) is 0 Å². The zero-order valence-corrected chi connectivity index (χ0v) is 17.5. The van der Waals surface area contributed by atoms with Crippen molar-refractivity contribution in [1.82, 2.24) is 9.13 Å². The summed E-state index contributed by atoms with van der Waals surface area (Å²) >= 11 is 0. The number of unbranched alkanes of at least 4 members (excludes halogenated alkanes) is 1. The van der Waals surface area contributed by atoms with Crippen molar-refractivity contribution in [2.45, 2.75) is 26.3 Å². The molecule has 0 amide bonds. The van der Waals surface area contributed by atoms with Gasteiger partial charge in [-0.05, 0) is 6.42 Å². The van der Waals surface area contributed by atoms with E-state index in [2.05, 4.69) is 39.3 Å². The van der Waals surface area contributed by atoms with E-state index in [4.69, 9.17) is 4.89 Å². The molecule has 8 nitrogen and oxygen atoms in total. The van der Waals surface area contributed by atoms with Gasteiger partial charge in [-0.2, -0.15) is 0 Å². The third-order valence-corrected chi connectivity index (χ3v) is 3.19. The van der Waals surface area contributed by atoms with Gasteiger partial charge >= 0.3 is 7.25 Å². The summed E-state index contributed by atoms with van der Waals surface area (Å²) in [6, 6.07) is 0. The van der Waals surface area contributed by atoms with Crippen molar-refractivity contribution in [2.24, 2.45) is 21.1 Å². The van der Waals surface area contributed by atoms with Crippen LogP contribution in [0.25, 0.3) is 0 Å². The van der Waals surface area contributed by atoms with Gasteiger partial charge in [-0.1, -0.05) is 13.3 Å². The van der Waals surface area contributed by atoms with E-state index in [1.165, 1.54) is 12.8 Å². The number of rotatable bonds is 4. The Morgan fingerprint density at radius 3 is 1.79 bits per heavy atom. The number of nitrogens with zero attached hydrogens (tertiary/aromatic N) is 4. The molecule has 2 aromatic rings. The molecular formula is C14H28BF4N4O4P. The predicted octanol–water partition coefficient (Wildman–Crippen LogP) is 1.36. The fraction of sp³-hybridized carbons (Fsp3) is 0.571. The topological polar surface area (TPSA) is 87.2 Å². The second-order valence-electron chi connectivity index (χ2n) is 5.56. The number of imidazole rings is 2. The van der Waals surface area contributed by atoms with Gasteiger partial charge in [-0.25, -0.2) is 18.3 Å². The van der Waals surface area contributed by atoms with Crippen LogP contribution in [-0.4, -0.2) is 28.4 Å². The standard InChI is InChI=1S/C8H15N2.C5H9N2.CH5O4P.BF4/c1-3-4-5-10-7-6-9(2)8-10;1-6-3-4-7(2)5-6;1-5-6(2,3)4;2-1(3,4)5/h6-8H,3-5H2,1-2H3;3-5H,1-2H3;1H3,(H2,2,3,4);/q2*+1;;-1/p-1. The summed E-state index contributed by atoms with van der Waals surface area (Å²) in [4.78, 5) is 17.0. The number of phosphoric acid groups is 1. The lowest BCUT2D eigenvalue weighted by molar-refractivity contribution is -0.671. The van der Waals surface area contributed by atoms with Gasteiger partial charge in [-0.15, -0.1) is 0 Å². The average molecular weight is 434 g/mol. The number of halogens is 4. The van der Waals surface area contributed by atoms with Crippen LogP contribution in [0.2, 0.25) is 0 Å². The maximum absolute atomic E-state index is 9.75. The Balaban J connectivity index is 0. The molecule has 1 N–H and O–H groups in total. The van der Waals surface area contributed by atoms with Crippen LogP contribution < -0.4 is 14.0 Å². The number of hydrogen-bond acceptors (Lipinski definition) is 3. The summed E-state index contributed by atoms with van der Waals surface area (Å²) in [5.74, 6) is 0.